The fourth-order valence-electron chi connectivity index (χ4n) is 1.86. The summed E-state index contributed by atoms with van der Waals surface area (Å²) >= 11 is 0. The predicted octanol–water partition coefficient (Wildman–Crippen LogP) is -0.0183. The third-order valence-corrected chi connectivity index (χ3v) is 2.98. The van der Waals surface area contributed by atoms with Crippen LogP contribution in [0.3, 0.4) is 0 Å². The Morgan fingerprint density at radius 1 is 1.44 bits per heavy atom. The monoisotopic (exact) mass is 226 g/mol. The molecule has 1 saturated heterocycles. The molecule has 1 fully saturated rings. The summed E-state index contributed by atoms with van der Waals surface area (Å²) < 4.78 is 0. The largest absolute Gasteiger partial charge is 0.321 e. The molecule has 5 nitrogen and oxygen atoms in total. The van der Waals surface area contributed by atoms with Crippen LogP contribution < -0.4 is 11.1 Å². The lowest BCUT2D eigenvalue weighted by Crippen LogP contribution is -2.40. The highest BCUT2D eigenvalue weighted by atomic mass is 16.2. The van der Waals surface area contributed by atoms with Gasteiger partial charge in [0.2, 0.25) is 11.8 Å². The van der Waals surface area contributed by atoms with E-state index in [1.165, 1.54) is 0 Å². The third kappa shape index (κ3) is 2.47. The number of rotatable bonds is 5. The van der Waals surface area contributed by atoms with Crippen LogP contribution in [0.1, 0.15) is 33.1 Å². The Balaban J connectivity index is 2.66. The molecule has 2 amide bonds. The molecule has 0 radical (unpaired) electrons. The van der Waals surface area contributed by atoms with Crippen molar-refractivity contribution in [2.45, 2.75) is 39.2 Å². The molecule has 5 heteroatoms. The highest BCUT2D eigenvalue weighted by Gasteiger charge is 2.44. The van der Waals surface area contributed by atoms with Crippen molar-refractivity contribution in [1.82, 2.24) is 5.32 Å². The van der Waals surface area contributed by atoms with Crippen molar-refractivity contribution in [2.75, 3.05) is 0 Å². The van der Waals surface area contributed by atoms with E-state index >= 15 is 0 Å². The molecule has 0 aromatic rings. The van der Waals surface area contributed by atoms with Gasteiger partial charge in [0.15, 0.2) is 5.78 Å². The molecule has 3 atom stereocenters. The highest BCUT2D eigenvalue weighted by Crippen LogP contribution is 2.21. The van der Waals surface area contributed by atoms with Gasteiger partial charge in [-0.25, -0.2) is 0 Å². The van der Waals surface area contributed by atoms with E-state index in [1.807, 2.05) is 6.92 Å². The fourth-order valence-corrected chi connectivity index (χ4v) is 1.86. The molecule has 0 unspecified atom stereocenters. The van der Waals surface area contributed by atoms with Gasteiger partial charge in [0, 0.05) is 0 Å². The number of Topliss-reactive ketones (excluding diaryl/α,β-unsaturated/α-hetero) is 1. The molecule has 1 heterocycles. The Labute approximate surface area is 94.8 Å². The molecule has 1 aliphatic heterocycles. The van der Waals surface area contributed by atoms with E-state index in [9.17, 15) is 14.4 Å². The minimum atomic E-state index is -0.889. The quantitative estimate of drug-likeness (QED) is 0.509. The van der Waals surface area contributed by atoms with Crippen LogP contribution in [-0.2, 0) is 14.4 Å². The first-order valence-corrected chi connectivity index (χ1v) is 5.63. The van der Waals surface area contributed by atoms with Crippen LogP contribution in [0.5, 0.6) is 0 Å². The average molecular weight is 226 g/mol. The molecular formula is C11H18N2O3. The number of unbranched alkanes of at least 4 members (excludes halogenated alkanes) is 1. The Morgan fingerprint density at radius 3 is 2.50 bits per heavy atom. The molecule has 0 aromatic heterocycles. The van der Waals surface area contributed by atoms with Crippen LogP contribution >= 0.6 is 0 Å². The zero-order chi connectivity index (χ0) is 12.3. The van der Waals surface area contributed by atoms with E-state index in [0.717, 1.165) is 12.8 Å². The molecule has 1 rings (SSSR count). The lowest BCUT2D eigenvalue weighted by molar-refractivity contribution is -0.133. The molecule has 0 aromatic carbocycles. The number of carbonyl (C=O) groups excluding carboxylic acids is 3. The smallest absolute Gasteiger partial charge is 0.238 e. The van der Waals surface area contributed by atoms with Gasteiger partial charge in [-0.05, 0) is 6.42 Å². The lowest BCUT2D eigenvalue weighted by atomic mass is 9.87. The van der Waals surface area contributed by atoms with E-state index < -0.39 is 23.8 Å². The molecule has 0 aliphatic carbocycles. The second-order valence-electron chi connectivity index (χ2n) is 4.27. The van der Waals surface area contributed by atoms with Crippen LogP contribution in [0.2, 0.25) is 0 Å². The summed E-state index contributed by atoms with van der Waals surface area (Å²) in [4.78, 5) is 34.5. The number of hydrogen-bond acceptors (Lipinski definition) is 4. The summed E-state index contributed by atoms with van der Waals surface area (Å²) in [5.41, 5.74) is 5.71. The highest BCUT2D eigenvalue weighted by molar-refractivity contribution is 6.16. The Bertz CT molecular complexity index is 314. The molecule has 0 spiro atoms. The maximum atomic E-state index is 11.9. The van der Waals surface area contributed by atoms with Crippen molar-refractivity contribution < 1.29 is 14.4 Å². The Morgan fingerprint density at radius 2 is 2.06 bits per heavy atom. The topological polar surface area (TPSA) is 89.3 Å². The van der Waals surface area contributed by atoms with E-state index in [0.29, 0.717) is 6.42 Å². The number of nitrogens with two attached hydrogens (primary N) is 1. The van der Waals surface area contributed by atoms with Crippen molar-refractivity contribution >= 4 is 17.6 Å². The SMILES string of the molecule is CCCC[C@H](N)C(=O)[C@@H]1C(=O)NC(=O)[C@H]1C. The summed E-state index contributed by atoms with van der Waals surface area (Å²) in [5, 5.41) is 2.15. The predicted molar refractivity (Wildman–Crippen MR) is 58.3 cm³/mol. The van der Waals surface area contributed by atoms with E-state index in [-0.39, 0.29) is 11.7 Å². The number of imide groups is 1. The molecular weight excluding hydrogens is 208 g/mol. The van der Waals surface area contributed by atoms with Gasteiger partial charge in [0.05, 0.1) is 12.0 Å². The van der Waals surface area contributed by atoms with E-state index in [4.69, 9.17) is 5.73 Å². The van der Waals surface area contributed by atoms with Gasteiger partial charge in [0.25, 0.3) is 0 Å². The van der Waals surface area contributed by atoms with Crippen LogP contribution in [-0.4, -0.2) is 23.6 Å². The maximum Gasteiger partial charge on any atom is 0.238 e. The summed E-state index contributed by atoms with van der Waals surface area (Å²) in [6, 6.07) is -0.635. The normalized spacial score (nSPS) is 26.7. The zero-order valence-corrected chi connectivity index (χ0v) is 9.66. The third-order valence-electron chi connectivity index (χ3n) is 2.98. The fraction of sp³-hybridized carbons (Fsp3) is 0.727. The number of carbonyl (C=O) groups is 3. The average Bonchev–Trinajstić information content (AvgIpc) is 2.49. The minimum absolute atomic E-state index is 0.315. The summed E-state index contributed by atoms with van der Waals surface area (Å²) in [7, 11) is 0. The van der Waals surface area contributed by atoms with Gasteiger partial charge in [-0.1, -0.05) is 26.7 Å². The summed E-state index contributed by atoms with van der Waals surface area (Å²) in [5.74, 6) is -2.68. The first-order chi connectivity index (χ1) is 7.49. The van der Waals surface area contributed by atoms with Crippen molar-refractivity contribution in [2.24, 2.45) is 17.6 Å². The first kappa shape index (κ1) is 12.8. The second-order valence-corrected chi connectivity index (χ2v) is 4.27. The van der Waals surface area contributed by atoms with Crippen LogP contribution in [0.25, 0.3) is 0 Å². The van der Waals surface area contributed by atoms with Crippen LogP contribution in [0.15, 0.2) is 0 Å². The number of amides is 2. The Hall–Kier alpha value is -1.23. The summed E-state index contributed by atoms with van der Waals surface area (Å²) in [6.45, 7) is 3.58. The van der Waals surface area contributed by atoms with Gasteiger partial charge >= 0.3 is 0 Å². The maximum absolute atomic E-state index is 11.9. The molecule has 3 N–H and O–H groups in total. The second kappa shape index (κ2) is 5.21. The van der Waals surface area contributed by atoms with Crippen LogP contribution in [0.4, 0.5) is 0 Å². The molecule has 16 heavy (non-hydrogen) atoms. The first-order valence-electron chi connectivity index (χ1n) is 5.63. The molecule has 0 saturated carbocycles. The minimum Gasteiger partial charge on any atom is -0.321 e. The number of ketones is 1. The standard InChI is InChI=1S/C11H18N2O3/c1-3-4-5-7(12)9(14)8-6(2)10(15)13-11(8)16/h6-8H,3-5,12H2,1-2H3,(H,13,15,16)/t6-,7-,8+/m0/s1. The van der Waals surface area contributed by atoms with Crippen molar-refractivity contribution in [3.63, 3.8) is 0 Å². The van der Waals surface area contributed by atoms with Crippen molar-refractivity contribution in [3.8, 4) is 0 Å². The molecule has 0 bridgehead atoms. The van der Waals surface area contributed by atoms with Gasteiger partial charge in [-0.15, -0.1) is 0 Å². The van der Waals surface area contributed by atoms with Crippen molar-refractivity contribution in [3.05, 3.63) is 0 Å². The van der Waals surface area contributed by atoms with Crippen LogP contribution in [0, 0.1) is 11.8 Å². The summed E-state index contributed by atoms with van der Waals surface area (Å²) in [6.07, 6.45) is 2.37. The van der Waals surface area contributed by atoms with Gasteiger partial charge < -0.3 is 5.73 Å². The zero-order valence-electron chi connectivity index (χ0n) is 9.66. The number of nitrogens with one attached hydrogen (secondary N) is 1. The number of hydrogen-bond donors (Lipinski definition) is 2. The van der Waals surface area contributed by atoms with E-state index in [1.54, 1.807) is 6.92 Å². The molecule has 1 aliphatic rings. The Kier molecular flexibility index (Phi) is 4.18. The van der Waals surface area contributed by atoms with Gasteiger partial charge in [0.1, 0.15) is 5.92 Å². The lowest BCUT2D eigenvalue weighted by Gasteiger charge is -2.15. The van der Waals surface area contributed by atoms with Gasteiger partial charge in [-0.2, -0.15) is 0 Å². The van der Waals surface area contributed by atoms with Gasteiger partial charge in [-0.3, -0.25) is 19.7 Å². The molecule has 90 valence electrons. The van der Waals surface area contributed by atoms with E-state index in [2.05, 4.69) is 5.32 Å². The van der Waals surface area contributed by atoms with Crippen molar-refractivity contribution in [1.29, 1.82) is 0 Å².